The van der Waals surface area contributed by atoms with Crippen LogP contribution in [0.5, 0.6) is 11.5 Å². The van der Waals surface area contributed by atoms with Gasteiger partial charge < -0.3 is 9.47 Å². The van der Waals surface area contributed by atoms with Gasteiger partial charge in [0.05, 0.1) is 36.0 Å². The molecule has 0 aliphatic heterocycles. The Labute approximate surface area is 206 Å². The van der Waals surface area contributed by atoms with Crippen LogP contribution in [0, 0.1) is 0 Å². The van der Waals surface area contributed by atoms with E-state index in [0.717, 1.165) is 44.8 Å². The predicted molar refractivity (Wildman–Crippen MR) is 141 cm³/mol. The summed E-state index contributed by atoms with van der Waals surface area (Å²) in [6.45, 7) is 0. The van der Waals surface area contributed by atoms with E-state index in [2.05, 4.69) is 0 Å². The molecule has 0 bridgehead atoms. The molecule has 6 heteroatoms. The van der Waals surface area contributed by atoms with E-state index in [1.54, 1.807) is 35.4 Å². The quantitative estimate of drug-likeness (QED) is 0.350. The molecule has 0 fully saturated rings. The molecule has 0 aliphatic rings. The minimum atomic E-state index is -0.173. The van der Waals surface area contributed by atoms with Gasteiger partial charge in [-0.1, -0.05) is 24.3 Å². The molecule has 36 heavy (non-hydrogen) atoms. The fraction of sp³-hybridized carbons (Fsp3) is 0.133. The fourth-order valence-electron chi connectivity index (χ4n) is 5.13. The van der Waals surface area contributed by atoms with E-state index >= 15 is 0 Å². The summed E-state index contributed by atoms with van der Waals surface area (Å²) in [5.41, 5.74) is 4.91. The van der Waals surface area contributed by atoms with Gasteiger partial charge in [-0.25, -0.2) is 0 Å². The van der Waals surface area contributed by atoms with Crippen LogP contribution in [-0.4, -0.2) is 23.0 Å². The van der Waals surface area contributed by atoms with Crippen molar-refractivity contribution in [3.63, 3.8) is 0 Å². The van der Waals surface area contributed by atoms with Gasteiger partial charge in [-0.3, -0.25) is 18.4 Å². The molecule has 0 atom stereocenters. The Kier molecular flexibility index (Phi) is 5.22. The van der Waals surface area contributed by atoms with Crippen LogP contribution in [0.1, 0.15) is 22.3 Å². The normalized spacial score (nSPS) is 11.5. The molecule has 0 amide bonds. The Hall–Kier alpha value is -4.58. The molecular formula is C30H24N2O4. The van der Waals surface area contributed by atoms with Crippen LogP contribution in [0.4, 0.5) is 0 Å². The Morgan fingerprint density at radius 2 is 0.972 bits per heavy atom. The van der Waals surface area contributed by atoms with E-state index in [0.29, 0.717) is 23.6 Å². The zero-order valence-corrected chi connectivity index (χ0v) is 20.0. The molecule has 2 aromatic carbocycles. The first kappa shape index (κ1) is 21.9. The highest BCUT2D eigenvalue weighted by Crippen LogP contribution is 2.29. The lowest BCUT2D eigenvalue weighted by Crippen LogP contribution is -2.24. The minimum Gasteiger partial charge on any atom is -0.497 e. The average molecular weight is 477 g/mol. The molecule has 4 aromatic heterocycles. The van der Waals surface area contributed by atoms with Crippen LogP contribution in [0.3, 0.4) is 0 Å². The molecule has 0 saturated carbocycles. The molecule has 0 radical (unpaired) electrons. The Balaban J connectivity index is 1.66. The van der Waals surface area contributed by atoms with Crippen molar-refractivity contribution < 1.29 is 9.47 Å². The maximum absolute atomic E-state index is 13.8. The van der Waals surface area contributed by atoms with Crippen molar-refractivity contribution in [3.8, 4) is 11.5 Å². The van der Waals surface area contributed by atoms with Crippen molar-refractivity contribution in [3.05, 3.63) is 128 Å². The number of hydrogen-bond acceptors (Lipinski definition) is 4. The predicted octanol–water partition coefficient (Wildman–Crippen LogP) is 4.70. The van der Waals surface area contributed by atoms with E-state index in [-0.39, 0.29) is 11.1 Å². The van der Waals surface area contributed by atoms with Gasteiger partial charge in [0.25, 0.3) is 11.1 Å². The van der Waals surface area contributed by atoms with Crippen molar-refractivity contribution in [2.75, 3.05) is 14.2 Å². The summed E-state index contributed by atoms with van der Waals surface area (Å²) in [6, 6.07) is 23.1. The van der Waals surface area contributed by atoms with Crippen molar-refractivity contribution in [2.45, 2.75) is 12.8 Å². The van der Waals surface area contributed by atoms with Gasteiger partial charge in [0.15, 0.2) is 0 Å². The number of benzene rings is 2. The number of pyridine rings is 2. The summed E-state index contributed by atoms with van der Waals surface area (Å²) in [7, 11) is 3.27. The fourth-order valence-corrected chi connectivity index (χ4v) is 5.13. The van der Waals surface area contributed by atoms with Crippen molar-refractivity contribution in [2.24, 2.45) is 0 Å². The van der Waals surface area contributed by atoms with E-state index in [9.17, 15) is 9.59 Å². The van der Waals surface area contributed by atoms with Crippen molar-refractivity contribution >= 4 is 21.8 Å². The molecule has 0 spiro atoms. The monoisotopic (exact) mass is 476 g/mol. The number of rotatable bonds is 6. The summed E-state index contributed by atoms with van der Waals surface area (Å²) in [6.07, 6.45) is 4.58. The van der Waals surface area contributed by atoms with Gasteiger partial charge >= 0.3 is 0 Å². The highest BCUT2D eigenvalue weighted by atomic mass is 16.5. The maximum Gasteiger partial charge on any atom is 0.263 e. The lowest BCUT2D eigenvalue weighted by molar-refractivity contribution is 0.414. The first-order chi connectivity index (χ1) is 17.6. The van der Waals surface area contributed by atoms with Crippen LogP contribution in [-0.2, 0) is 12.8 Å². The van der Waals surface area contributed by atoms with Crippen molar-refractivity contribution in [1.29, 1.82) is 0 Å². The minimum absolute atomic E-state index is 0.173. The number of fused-ring (bicyclic) bond motifs is 3. The summed E-state index contributed by atoms with van der Waals surface area (Å²) >= 11 is 0. The SMILES string of the molecule is COc1ccc(Cc2c3c(=O)n4cccc4c(Cc4ccc(OC)cc4)c3c(=O)n3cccc23)cc1. The third-order valence-corrected chi connectivity index (χ3v) is 6.91. The lowest BCUT2D eigenvalue weighted by atomic mass is 9.94. The summed E-state index contributed by atoms with van der Waals surface area (Å²) in [4.78, 5) is 27.7. The largest absolute Gasteiger partial charge is 0.497 e. The van der Waals surface area contributed by atoms with Gasteiger partial charge in [-0.2, -0.15) is 0 Å². The van der Waals surface area contributed by atoms with E-state index in [1.165, 1.54) is 0 Å². The van der Waals surface area contributed by atoms with Gasteiger partial charge in [-0.15, -0.1) is 0 Å². The highest BCUT2D eigenvalue weighted by Gasteiger charge is 2.22. The molecule has 0 unspecified atom stereocenters. The molecule has 0 saturated heterocycles. The topological polar surface area (TPSA) is 61.4 Å². The Morgan fingerprint density at radius 1 is 0.583 bits per heavy atom. The zero-order chi connectivity index (χ0) is 24.8. The number of aromatic nitrogens is 2. The molecule has 0 aliphatic carbocycles. The van der Waals surface area contributed by atoms with Crippen LogP contribution in [0.15, 0.2) is 94.8 Å². The molecule has 4 heterocycles. The molecule has 0 N–H and O–H groups in total. The first-order valence-electron chi connectivity index (χ1n) is 11.8. The Bertz CT molecular complexity index is 1690. The molecule has 6 rings (SSSR count). The highest BCUT2D eigenvalue weighted by molar-refractivity contribution is 5.96. The number of methoxy groups -OCH3 is 2. The number of nitrogens with zero attached hydrogens (tertiary/aromatic N) is 2. The molecule has 178 valence electrons. The third-order valence-electron chi connectivity index (χ3n) is 6.91. The van der Waals surface area contributed by atoms with Crippen LogP contribution >= 0.6 is 0 Å². The zero-order valence-electron chi connectivity index (χ0n) is 20.0. The van der Waals surface area contributed by atoms with Gasteiger partial charge in [0.1, 0.15) is 11.5 Å². The summed E-state index contributed by atoms with van der Waals surface area (Å²) in [5, 5.41) is 0.962. The van der Waals surface area contributed by atoms with E-state index < -0.39 is 0 Å². The summed E-state index contributed by atoms with van der Waals surface area (Å²) in [5.74, 6) is 1.54. The van der Waals surface area contributed by atoms with Gasteiger partial charge in [-0.05, 0) is 70.8 Å². The second kappa shape index (κ2) is 8.57. The van der Waals surface area contributed by atoms with Crippen LogP contribution < -0.4 is 20.6 Å². The maximum atomic E-state index is 13.8. The molecule has 6 aromatic rings. The number of ether oxygens (including phenoxy) is 2. The average Bonchev–Trinajstić information content (AvgIpc) is 3.60. The smallest absolute Gasteiger partial charge is 0.263 e. The third kappa shape index (κ3) is 3.41. The standard InChI is InChI=1S/C30H24N2O4/c1-35-21-11-7-19(8-12-21)17-23-25-5-3-15-31(25)30(34)28-24(18-20-9-13-22(36-2)14-10-20)26-6-4-16-32(26)29(33)27(23)28/h3-16H,17-18H2,1-2H3. The number of hydrogen-bond donors (Lipinski definition) is 0. The lowest BCUT2D eigenvalue weighted by Gasteiger charge is -2.15. The summed E-state index contributed by atoms with van der Waals surface area (Å²) < 4.78 is 13.9. The van der Waals surface area contributed by atoms with Gasteiger partial charge in [0, 0.05) is 25.2 Å². The van der Waals surface area contributed by atoms with Crippen molar-refractivity contribution in [1.82, 2.24) is 8.80 Å². The van der Waals surface area contributed by atoms with E-state index in [1.807, 2.05) is 72.8 Å². The molecular weight excluding hydrogens is 452 g/mol. The Morgan fingerprint density at radius 3 is 1.33 bits per heavy atom. The van der Waals surface area contributed by atoms with Crippen LogP contribution in [0.2, 0.25) is 0 Å². The second-order valence-electron chi connectivity index (χ2n) is 8.89. The first-order valence-corrected chi connectivity index (χ1v) is 11.8. The van der Waals surface area contributed by atoms with Crippen LogP contribution in [0.25, 0.3) is 21.8 Å². The second-order valence-corrected chi connectivity index (χ2v) is 8.89. The molecule has 6 nitrogen and oxygen atoms in total. The van der Waals surface area contributed by atoms with Gasteiger partial charge in [0.2, 0.25) is 0 Å². The van der Waals surface area contributed by atoms with E-state index in [4.69, 9.17) is 9.47 Å².